The summed E-state index contributed by atoms with van der Waals surface area (Å²) in [7, 11) is 0. The van der Waals surface area contributed by atoms with Gasteiger partial charge in [0.05, 0.1) is 22.5 Å². The number of imidazole rings is 1. The van der Waals surface area contributed by atoms with E-state index in [0.717, 1.165) is 70.4 Å². The number of hydrogen-bond donors (Lipinski definition) is 1. The Balaban J connectivity index is 1.65. The average Bonchev–Trinajstić information content (AvgIpc) is 3.37. The fourth-order valence-electron chi connectivity index (χ4n) is 4.75. The van der Waals surface area contributed by atoms with Crippen LogP contribution in [0, 0.1) is 13.8 Å². The van der Waals surface area contributed by atoms with Crippen LogP contribution in [-0.2, 0) is 0 Å². The SMILES string of the molecule is Cc1noc(C)c1-c1ccc2nc(C3=CCNCC3)n3c2c1OC[C@@H]3c1ccccn1. The number of nitrogens with zero attached hydrogens (tertiary/aromatic N) is 4. The number of ether oxygens (including phenoxy) is 1. The summed E-state index contributed by atoms with van der Waals surface area (Å²) < 4.78 is 14.2. The lowest BCUT2D eigenvalue weighted by atomic mass is 10.0. The number of aryl methyl sites for hydroxylation is 2. The number of pyridine rings is 1. The van der Waals surface area contributed by atoms with Crippen LogP contribution in [0.5, 0.6) is 5.75 Å². The first-order chi connectivity index (χ1) is 15.2. The zero-order chi connectivity index (χ0) is 20.9. The van der Waals surface area contributed by atoms with Crippen LogP contribution in [0.4, 0.5) is 0 Å². The Bertz CT molecular complexity index is 1300. The van der Waals surface area contributed by atoms with E-state index in [0.29, 0.717) is 6.61 Å². The van der Waals surface area contributed by atoms with Gasteiger partial charge in [0, 0.05) is 18.3 Å². The number of nitrogens with one attached hydrogen (secondary N) is 1. The molecule has 0 fully saturated rings. The van der Waals surface area contributed by atoms with Crippen molar-refractivity contribution in [3.8, 4) is 16.9 Å². The molecule has 2 aliphatic rings. The molecule has 0 spiro atoms. The maximum Gasteiger partial charge on any atom is 0.153 e. The van der Waals surface area contributed by atoms with Crippen molar-refractivity contribution in [1.82, 2.24) is 25.0 Å². The minimum atomic E-state index is -0.0376. The second-order valence-electron chi connectivity index (χ2n) is 8.08. The van der Waals surface area contributed by atoms with E-state index >= 15 is 0 Å². The molecule has 7 heteroatoms. The third-order valence-electron chi connectivity index (χ3n) is 6.19. The molecule has 1 atom stereocenters. The van der Waals surface area contributed by atoms with E-state index in [1.807, 2.05) is 32.2 Å². The molecule has 31 heavy (non-hydrogen) atoms. The van der Waals surface area contributed by atoms with Gasteiger partial charge in [-0.1, -0.05) is 17.3 Å². The van der Waals surface area contributed by atoms with Crippen molar-refractivity contribution >= 4 is 16.6 Å². The summed E-state index contributed by atoms with van der Waals surface area (Å²) in [4.78, 5) is 9.71. The van der Waals surface area contributed by atoms with Crippen LogP contribution in [0.2, 0.25) is 0 Å². The molecule has 4 aromatic rings. The predicted octanol–water partition coefficient (Wildman–Crippen LogP) is 4.06. The van der Waals surface area contributed by atoms with Gasteiger partial charge in [0.15, 0.2) is 5.75 Å². The average molecular weight is 413 g/mol. The van der Waals surface area contributed by atoms with Gasteiger partial charge in [-0.3, -0.25) is 4.98 Å². The van der Waals surface area contributed by atoms with Crippen LogP contribution in [0.25, 0.3) is 27.7 Å². The Kier molecular flexibility index (Phi) is 4.17. The van der Waals surface area contributed by atoms with E-state index in [4.69, 9.17) is 14.2 Å². The highest BCUT2D eigenvalue weighted by molar-refractivity contribution is 5.94. The van der Waals surface area contributed by atoms with E-state index in [2.05, 4.69) is 44.3 Å². The van der Waals surface area contributed by atoms with Crippen LogP contribution < -0.4 is 10.1 Å². The minimum absolute atomic E-state index is 0.0376. The molecule has 7 nitrogen and oxygen atoms in total. The second kappa shape index (κ2) is 7.06. The van der Waals surface area contributed by atoms with Crippen LogP contribution in [-0.4, -0.2) is 39.4 Å². The van der Waals surface area contributed by atoms with Gasteiger partial charge in [0.1, 0.15) is 29.8 Å². The van der Waals surface area contributed by atoms with Gasteiger partial charge in [-0.15, -0.1) is 0 Å². The molecule has 0 bridgehead atoms. The Hall–Kier alpha value is -3.45. The van der Waals surface area contributed by atoms with E-state index in [-0.39, 0.29) is 6.04 Å². The van der Waals surface area contributed by atoms with Gasteiger partial charge in [-0.2, -0.15) is 0 Å². The summed E-state index contributed by atoms with van der Waals surface area (Å²) in [5, 5.41) is 7.55. The number of hydrogen-bond acceptors (Lipinski definition) is 6. The largest absolute Gasteiger partial charge is 0.488 e. The van der Waals surface area contributed by atoms with Crippen molar-refractivity contribution in [2.24, 2.45) is 0 Å². The molecule has 5 heterocycles. The third-order valence-corrected chi connectivity index (χ3v) is 6.19. The van der Waals surface area contributed by atoms with Gasteiger partial charge in [-0.25, -0.2) is 4.98 Å². The van der Waals surface area contributed by atoms with Crippen molar-refractivity contribution in [2.75, 3.05) is 19.7 Å². The van der Waals surface area contributed by atoms with Gasteiger partial charge in [0.2, 0.25) is 0 Å². The summed E-state index contributed by atoms with van der Waals surface area (Å²) in [6, 6.07) is 10.1. The molecule has 0 saturated carbocycles. The Morgan fingerprint density at radius 3 is 2.84 bits per heavy atom. The quantitative estimate of drug-likeness (QED) is 0.546. The van der Waals surface area contributed by atoms with Gasteiger partial charge < -0.3 is 19.1 Å². The monoisotopic (exact) mass is 413 g/mol. The first kappa shape index (κ1) is 18.3. The summed E-state index contributed by atoms with van der Waals surface area (Å²) in [5.74, 6) is 2.64. The molecule has 156 valence electrons. The molecular formula is C24H23N5O2. The van der Waals surface area contributed by atoms with Crippen molar-refractivity contribution in [1.29, 1.82) is 0 Å². The summed E-state index contributed by atoms with van der Waals surface area (Å²) in [6.07, 6.45) is 5.03. The molecule has 3 aromatic heterocycles. The highest BCUT2D eigenvalue weighted by Crippen LogP contribution is 2.45. The lowest BCUT2D eigenvalue weighted by Crippen LogP contribution is -2.27. The zero-order valence-electron chi connectivity index (χ0n) is 17.6. The molecule has 0 radical (unpaired) electrons. The van der Waals surface area contributed by atoms with Crippen molar-refractivity contribution in [3.05, 3.63) is 65.6 Å². The van der Waals surface area contributed by atoms with Crippen LogP contribution >= 0.6 is 0 Å². The molecule has 0 amide bonds. The molecule has 1 N–H and O–H groups in total. The van der Waals surface area contributed by atoms with Gasteiger partial charge in [0.25, 0.3) is 0 Å². The van der Waals surface area contributed by atoms with E-state index in [9.17, 15) is 0 Å². The van der Waals surface area contributed by atoms with Crippen molar-refractivity contribution in [2.45, 2.75) is 26.3 Å². The fourth-order valence-corrected chi connectivity index (χ4v) is 4.75. The second-order valence-corrected chi connectivity index (χ2v) is 8.08. The molecule has 0 aliphatic carbocycles. The van der Waals surface area contributed by atoms with E-state index < -0.39 is 0 Å². The van der Waals surface area contributed by atoms with E-state index in [1.54, 1.807) is 0 Å². The van der Waals surface area contributed by atoms with Crippen molar-refractivity contribution < 1.29 is 9.26 Å². The fraction of sp³-hybridized carbons (Fsp3) is 0.292. The van der Waals surface area contributed by atoms with Crippen LogP contribution in [0.15, 0.2) is 47.1 Å². The lowest BCUT2D eigenvalue weighted by Gasteiger charge is -2.29. The molecule has 0 saturated heterocycles. The van der Waals surface area contributed by atoms with Crippen LogP contribution in [0.3, 0.4) is 0 Å². The predicted molar refractivity (Wildman–Crippen MR) is 118 cm³/mol. The highest BCUT2D eigenvalue weighted by Gasteiger charge is 2.32. The Labute approximate surface area is 179 Å². The lowest BCUT2D eigenvalue weighted by molar-refractivity contribution is 0.256. The molecule has 0 unspecified atom stereocenters. The molecular weight excluding hydrogens is 390 g/mol. The summed E-state index contributed by atoms with van der Waals surface area (Å²) >= 11 is 0. The number of benzene rings is 1. The smallest absolute Gasteiger partial charge is 0.153 e. The minimum Gasteiger partial charge on any atom is -0.488 e. The number of aromatic nitrogens is 4. The maximum atomic E-state index is 6.43. The maximum absolute atomic E-state index is 6.43. The third kappa shape index (κ3) is 2.80. The Morgan fingerprint density at radius 1 is 1.16 bits per heavy atom. The molecule has 2 aliphatic heterocycles. The summed E-state index contributed by atoms with van der Waals surface area (Å²) in [5.41, 5.74) is 7.03. The first-order valence-electron chi connectivity index (χ1n) is 10.6. The summed E-state index contributed by atoms with van der Waals surface area (Å²) in [6.45, 7) is 6.21. The van der Waals surface area contributed by atoms with E-state index in [1.165, 1.54) is 5.57 Å². The standard InChI is InChI=1S/C24H23N5O2/c1-14-21(15(2)31-28-14)17-6-7-19-22-23(17)30-13-20(18-5-3-4-10-26-18)29(22)24(27-19)16-8-11-25-12-9-16/h3-8,10,20,25H,9,11-13H2,1-2H3/t20-/m1/s1. The van der Waals surface area contributed by atoms with Gasteiger partial charge >= 0.3 is 0 Å². The highest BCUT2D eigenvalue weighted by atomic mass is 16.5. The van der Waals surface area contributed by atoms with Crippen molar-refractivity contribution in [3.63, 3.8) is 0 Å². The van der Waals surface area contributed by atoms with Gasteiger partial charge in [-0.05, 0) is 56.7 Å². The number of rotatable bonds is 3. The normalized spacial score (nSPS) is 18.1. The Morgan fingerprint density at radius 2 is 2.10 bits per heavy atom. The zero-order valence-corrected chi connectivity index (χ0v) is 17.6. The first-order valence-corrected chi connectivity index (χ1v) is 10.6. The topological polar surface area (TPSA) is 78.0 Å². The van der Waals surface area contributed by atoms with Crippen LogP contribution in [0.1, 0.15) is 35.4 Å². The molecule has 6 rings (SSSR count). The molecule has 1 aromatic carbocycles.